The van der Waals surface area contributed by atoms with E-state index in [-0.39, 0.29) is 10.8 Å². The van der Waals surface area contributed by atoms with Gasteiger partial charge in [0.1, 0.15) is 0 Å². The zero-order valence-electron chi connectivity index (χ0n) is 7.81. The molecule has 0 aromatic heterocycles. The molecule has 0 aliphatic carbocycles. The van der Waals surface area contributed by atoms with Crippen molar-refractivity contribution >= 4 is 60.5 Å². The Labute approximate surface area is 113 Å². The molecule has 0 saturated heterocycles. The highest BCUT2D eigenvalue weighted by atomic mass is 35.6. The Morgan fingerprint density at radius 1 is 1.12 bits per heavy atom. The Hall–Kier alpha value is 0.130. The van der Waals surface area contributed by atoms with Gasteiger partial charge in [0, 0.05) is 16.2 Å². The summed E-state index contributed by atoms with van der Waals surface area (Å²) in [4.78, 5) is 0. The van der Waals surface area contributed by atoms with E-state index in [1.807, 2.05) is 6.07 Å². The van der Waals surface area contributed by atoms with E-state index >= 15 is 0 Å². The maximum Gasteiger partial charge on any atom is 0.252 e. The molecular weight excluding hydrogens is 311 g/mol. The van der Waals surface area contributed by atoms with Gasteiger partial charge in [-0.2, -0.15) is 0 Å². The maximum absolute atomic E-state index is 11.4. The van der Waals surface area contributed by atoms with Crippen molar-refractivity contribution in [3.05, 3.63) is 41.3 Å². The average Bonchev–Trinajstić information content (AvgIpc) is 2.13. The minimum absolute atomic E-state index is 0.260. The fourth-order valence-corrected chi connectivity index (χ4v) is 5.02. The molecule has 0 fully saturated rings. The van der Waals surface area contributed by atoms with Gasteiger partial charge in [0.25, 0.3) is 3.12 Å². The molecule has 0 radical (unpaired) electrons. The molecule has 0 spiro atoms. The molecule has 1 aromatic rings. The molecule has 88 valence electrons. The van der Waals surface area contributed by atoms with Gasteiger partial charge in [0.2, 0.25) is 8.87 Å². The minimum atomic E-state index is -3.60. The van der Waals surface area contributed by atoms with E-state index in [0.717, 1.165) is 11.0 Å². The first-order valence-electron chi connectivity index (χ1n) is 4.04. The van der Waals surface area contributed by atoms with Crippen molar-refractivity contribution in [2.24, 2.45) is 0 Å². The molecular formula is C9H7Cl3O2S2. The van der Waals surface area contributed by atoms with Crippen molar-refractivity contribution in [2.75, 3.05) is 0 Å². The zero-order chi connectivity index (χ0) is 12.2. The Morgan fingerprint density at radius 2 is 1.69 bits per heavy atom. The van der Waals surface area contributed by atoms with E-state index in [1.54, 1.807) is 24.3 Å². The van der Waals surface area contributed by atoms with Crippen LogP contribution in [0.4, 0.5) is 0 Å². The number of alkyl halides is 3. The normalized spacial score (nSPS) is 13.2. The SMILES string of the molecule is O=S(=O)(C=Cc1ccccc1)SC(Cl)(Cl)Cl. The second-order valence-corrected chi connectivity index (χ2v) is 9.62. The molecule has 0 N–H and O–H groups in total. The van der Waals surface area contributed by atoms with Gasteiger partial charge in [0.15, 0.2) is 0 Å². The highest BCUT2D eigenvalue weighted by molar-refractivity contribution is 8.74. The van der Waals surface area contributed by atoms with Crippen LogP contribution in [-0.4, -0.2) is 11.5 Å². The van der Waals surface area contributed by atoms with Crippen LogP contribution in [0, 0.1) is 0 Å². The maximum atomic E-state index is 11.4. The minimum Gasteiger partial charge on any atom is -0.213 e. The lowest BCUT2D eigenvalue weighted by molar-refractivity contribution is 0.618. The first-order chi connectivity index (χ1) is 7.29. The number of benzene rings is 1. The Kier molecular flexibility index (Phi) is 5.01. The van der Waals surface area contributed by atoms with Gasteiger partial charge in [-0.25, -0.2) is 8.42 Å². The van der Waals surface area contributed by atoms with Crippen molar-refractivity contribution in [3.8, 4) is 0 Å². The highest BCUT2D eigenvalue weighted by Gasteiger charge is 2.28. The van der Waals surface area contributed by atoms with Crippen LogP contribution in [0.15, 0.2) is 35.7 Å². The average molecular weight is 318 g/mol. The van der Waals surface area contributed by atoms with Gasteiger partial charge >= 0.3 is 0 Å². The molecule has 0 aliphatic rings. The Morgan fingerprint density at radius 3 is 2.19 bits per heavy atom. The third-order valence-electron chi connectivity index (χ3n) is 1.44. The zero-order valence-corrected chi connectivity index (χ0v) is 11.7. The lowest BCUT2D eigenvalue weighted by atomic mass is 10.2. The third-order valence-corrected chi connectivity index (χ3v) is 5.63. The summed E-state index contributed by atoms with van der Waals surface area (Å²) in [6.45, 7) is 0. The van der Waals surface area contributed by atoms with Crippen molar-refractivity contribution < 1.29 is 8.42 Å². The molecule has 7 heteroatoms. The molecule has 0 saturated carbocycles. The first kappa shape index (κ1) is 14.2. The van der Waals surface area contributed by atoms with Crippen LogP contribution in [-0.2, 0) is 8.87 Å². The highest BCUT2D eigenvalue weighted by Crippen LogP contribution is 2.42. The summed E-state index contributed by atoms with van der Waals surface area (Å²) in [6.07, 6.45) is 1.44. The number of hydrogen-bond donors (Lipinski definition) is 0. The number of halogens is 3. The van der Waals surface area contributed by atoms with Gasteiger partial charge in [-0.05, 0) is 11.6 Å². The van der Waals surface area contributed by atoms with Gasteiger partial charge in [0.05, 0.1) is 0 Å². The first-order valence-corrected chi connectivity index (χ1v) is 8.05. The summed E-state index contributed by atoms with van der Waals surface area (Å²) in [5.41, 5.74) is 0.760. The molecule has 0 atom stereocenters. The van der Waals surface area contributed by atoms with Crippen LogP contribution >= 0.6 is 45.6 Å². The van der Waals surface area contributed by atoms with Gasteiger partial charge in [-0.15, -0.1) is 0 Å². The molecule has 0 heterocycles. The molecule has 1 aromatic carbocycles. The predicted molar refractivity (Wildman–Crippen MR) is 72.3 cm³/mol. The smallest absolute Gasteiger partial charge is 0.213 e. The van der Waals surface area contributed by atoms with E-state index in [2.05, 4.69) is 0 Å². The summed E-state index contributed by atoms with van der Waals surface area (Å²) in [7, 11) is -3.34. The molecule has 0 unspecified atom stereocenters. The van der Waals surface area contributed by atoms with E-state index in [0.29, 0.717) is 0 Å². The van der Waals surface area contributed by atoms with Crippen LogP contribution in [0.2, 0.25) is 0 Å². The van der Waals surface area contributed by atoms with Crippen LogP contribution in [0.3, 0.4) is 0 Å². The lowest BCUT2D eigenvalue weighted by Gasteiger charge is -2.06. The second-order valence-electron chi connectivity index (χ2n) is 2.74. The van der Waals surface area contributed by atoms with Gasteiger partial charge in [-0.1, -0.05) is 65.1 Å². The largest absolute Gasteiger partial charge is 0.252 e. The summed E-state index contributed by atoms with van der Waals surface area (Å²) in [6, 6.07) is 8.97. The summed E-state index contributed by atoms with van der Waals surface area (Å²) >= 11 is 16.1. The van der Waals surface area contributed by atoms with Gasteiger partial charge in [-0.3, -0.25) is 0 Å². The van der Waals surface area contributed by atoms with Crippen molar-refractivity contribution in [1.29, 1.82) is 0 Å². The predicted octanol–water partition coefficient (Wildman–Crippen LogP) is 4.05. The van der Waals surface area contributed by atoms with E-state index in [4.69, 9.17) is 34.8 Å². The summed E-state index contributed by atoms with van der Waals surface area (Å²) in [5.74, 6) is 0. The fourth-order valence-electron chi connectivity index (χ4n) is 0.886. The van der Waals surface area contributed by atoms with Gasteiger partial charge < -0.3 is 0 Å². The van der Waals surface area contributed by atoms with E-state index in [1.165, 1.54) is 6.08 Å². The molecule has 1 rings (SSSR count). The monoisotopic (exact) mass is 316 g/mol. The van der Waals surface area contributed by atoms with E-state index in [9.17, 15) is 8.42 Å². The molecule has 2 nitrogen and oxygen atoms in total. The fraction of sp³-hybridized carbons (Fsp3) is 0.111. The molecule has 0 amide bonds. The standard InChI is InChI=1S/C9H7Cl3O2S2/c10-9(11,12)15-16(13,14)7-6-8-4-2-1-3-5-8/h1-7H. The third kappa shape index (κ3) is 6.01. The Bertz CT molecular complexity index is 463. The van der Waals surface area contributed by atoms with Crippen LogP contribution in [0.1, 0.15) is 5.56 Å². The molecule has 16 heavy (non-hydrogen) atoms. The second kappa shape index (κ2) is 5.65. The topological polar surface area (TPSA) is 34.1 Å². The summed E-state index contributed by atoms with van der Waals surface area (Å²) in [5, 5.41) is 1.01. The molecule has 0 bridgehead atoms. The molecule has 0 aliphatic heterocycles. The lowest BCUT2D eigenvalue weighted by Crippen LogP contribution is -2.00. The van der Waals surface area contributed by atoms with Crippen molar-refractivity contribution in [3.63, 3.8) is 0 Å². The summed E-state index contributed by atoms with van der Waals surface area (Å²) < 4.78 is 21.0. The number of hydrogen-bond acceptors (Lipinski definition) is 3. The quantitative estimate of drug-likeness (QED) is 0.623. The Balaban J connectivity index is 2.78. The van der Waals surface area contributed by atoms with E-state index < -0.39 is 12.0 Å². The van der Waals surface area contributed by atoms with Crippen LogP contribution in [0.25, 0.3) is 6.08 Å². The van der Waals surface area contributed by atoms with Crippen molar-refractivity contribution in [1.82, 2.24) is 0 Å². The van der Waals surface area contributed by atoms with Crippen molar-refractivity contribution in [2.45, 2.75) is 3.12 Å². The number of rotatable bonds is 3. The van der Waals surface area contributed by atoms with Crippen LogP contribution in [0.5, 0.6) is 0 Å². The van der Waals surface area contributed by atoms with Crippen LogP contribution < -0.4 is 0 Å².